The third kappa shape index (κ3) is 2.58. The van der Waals surface area contributed by atoms with Crippen LogP contribution in [0, 0.1) is 23.0 Å². The smallest absolute Gasteiger partial charge is 0.162 e. The molecule has 0 radical (unpaired) electrons. The first-order valence-corrected chi connectivity index (χ1v) is 7.01. The number of fused-ring (bicyclic) bond motifs is 2. The van der Waals surface area contributed by atoms with Gasteiger partial charge in [-0.3, -0.25) is 0 Å². The number of aliphatic hydroxyl groups is 1. The molecule has 1 aliphatic heterocycles. The van der Waals surface area contributed by atoms with E-state index in [1.807, 2.05) is 0 Å². The molecule has 0 spiro atoms. The van der Waals surface area contributed by atoms with Crippen molar-refractivity contribution in [3.8, 4) is 11.8 Å². The van der Waals surface area contributed by atoms with E-state index in [9.17, 15) is 19.1 Å². The van der Waals surface area contributed by atoms with Crippen LogP contribution in [-0.2, 0) is 13.2 Å². The van der Waals surface area contributed by atoms with Gasteiger partial charge in [0.2, 0.25) is 0 Å². The van der Waals surface area contributed by atoms with E-state index in [1.165, 1.54) is 0 Å². The Kier molecular flexibility index (Phi) is 3.85. The molecule has 0 saturated heterocycles. The van der Waals surface area contributed by atoms with Crippen molar-refractivity contribution in [2.75, 3.05) is 0 Å². The number of rotatable bonds is 1. The van der Waals surface area contributed by atoms with Crippen molar-refractivity contribution in [2.24, 2.45) is 0 Å². The summed E-state index contributed by atoms with van der Waals surface area (Å²) >= 11 is 0. The van der Waals surface area contributed by atoms with Crippen molar-refractivity contribution in [1.29, 1.82) is 5.26 Å². The van der Waals surface area contributed by atoms with E-state index < -0.39 is 11.6 Å². The third-order valence-electron chi connectivity index (χ3n) is 3.84. The lowest BCUT2D eigenvalue weighted by atomic mass is 9.90. The second-order valence-electron chi connectivity index (χ2n) is 5.31. The number of nitriles is 1. The normalized spacial score (nSPS) is 14.9. The Bertz CT molecular complexity index is 866. The maximum atomic E-state index is 13.7. The number of hydrogen-bond donors (Lipinski definition) is 1. The minimum atomic E-state index is -1.00. The van der Waals surface area contributed by atoms with Crippen molar-refractivity contribution >= 4 is 5.57 Å². The molecule has 0 atom stereocenters. The molecule has 0 bridgehead atoms. The minimum absolute atomic E-state index is 0.125. The van der Waals surface area contributed by atoms with Crippen molar-refractivity contribution in [3.05, 3.63) is 69.8 Å². The number of ether oxygens (including phenoxy) is 1. The summed E-state index contributed by atoms with van der Waals surface area (Å²) in [5, 5.41) is 18.6. The maximum absolute atomic E-state index is 13.7. The Morgan fingerprint density at radius 1 is 1.22 bits per heavy atom. The van der Waals surface area contributed by atoms with Crippen LogP contribution < -0.4 is 4.74 Å². The van der Waals surface area contributed by atoms with Crippen molar-refractivity contribution in [1.82, 2.24) is 0 Å². The van der Waals surface area contributed by atoms with E-state index in [2.05, 4.69) is 6.07 Å². The Hall–Kier alpha value is -2.71. The lowest BCUT2D eigenvalue weighted by molar-refractivity contribution is 0.280. The van der Waals surface area contributed by atoms with Gasteiger partial charge in [0.25, 0.3) is 0 Å². The molecule has 3 nitrogen and oxygen atoms in total. The number of aliphatic hydroxyl groups excluding tert-OH is 1. The molecular weight excluding hydrogens is 300 g/mol. The number of hydrogen-bond acceptors (Lipinski definition) is 3. The molecule has 1 aliphatic rings. The molecule has 23 heavy (non-hydrogen) atoms. The SMILES string of the molecule is C/C(C#N)=C1\c2ccc(CO)cc2COc2cc(F)c(F)cc21. The van der Waals surface area contributed by atoms with Gasteiger partial charge in [-0.2, -0.15) is 5.26 Å². The lowest BCUT2D eigenvalue weighted by Crippen LogP contribution is -1.98. The number of nitrogens with zero attached hydrogens (tertiary/aromatic N) is 1. The maximum Gasteiger partial charge on any atom is 0.162 e. The predicted molar refractivity (Wildman–Crippen MR) is 80.4 cm³/mol. The van der Waals surface area contributed by atoms with Gasteiger partial charge in [0.1, 0.15) is 12.4 Å². The van der Waals surface area contributed by atoms with Gasteiger partial charge in [-0.15, -0.1) is 0 Å². The molecule has 1 heterocycles. The molecule has 116 valence electrons. The Labute approximate surface area is 132 Å². The van der Waals surface area contributed by atoms with Crippen LogP contribution in [0.15, 0.2) is 35.9 Å². The van der Waals surface area contributed by atoms with Crippen LogP contribution in [0.4, 0.5) is 8.78 Å². The summed E-state index contributed by atoms with van der Waals surface area (Å²) in [6.07, 6.45) is 0. The number of halogens is 2. The number of allylic oxidation sites excluding steroid dienone is 1. The average Bonchev–Trinajstić information content (AvgIpc) is 2.71. The molecule has 2 aromatic rings. The minimum Gasteiger partial charge on any atom is -0.488 e. The van der Waals surface area contributed by atoms with Gasteiger partial charge in [-0.1, -0.05) is 12.1 Å². The zero-order valence-corrected chi connectivity index (χ0v) is 12.4. The van der Waals surface area contributed by atoms with Gasteiger partial charge in [0.05, 0.1) is 12.7 Å². The van der Waals surface area contributed by atoms with Gasteiger partial charge in [-0.25, -0.2) is 8.78 Å². The fourth-order valence-corrected chi connectivity index (χ4v) is 2.71. The van der Waals surface area contributed by atoms with E-state index in [0.717, 1.165) is 17.7 Å². The average molecular weight is 313 g/mol. The topological polar surface area (TPSA) is 53.2 Å². The molecule has 5 heteroatoms. The van der Waals surface area contributed by atoms with Gasteiger partial charge >= 0.3 is 0 Å². The zero-order chi connectivity index (χ0) is 16.6. The molecule has 0 aromatic heterocycles. The van der Waals surface area contributed by atoms with Crippen molar-refractivity contribution in [3.63, 3.8) is 0 Å². The first kappa shape index (κ1) is 15.2. The van der Waals surface area contributed by atoms with E-state index in [0.29, 0.717) is 27.8 Å². The van der Waals surface area contributed by atoms with E-state index in [4.69, 9.17) is 4.74 Å². The molecule has 0 amide bonds. The van der Waals surface area contributed by atoms with Crippen LogP contribution in [0.3, 0.4) is 0 Å². The fraction of sp³-hybridized carbons (Fsp3) is 0.167. The third-order valence-corrected chi connectivity index (χ3v) is 3.84. The van der Waals surface area contributed by atoms with Crippen LogP contribution in [0.5, 0.6) is 5.75 Å². The molecule has 3 rings (SSSR count). The van der Waals surface area contributed by atoms with E-state index in [1.54, 1.807) is 25.1 Å². The van der Waals surface area contributed by atoms with E-state index >= 15 is 0 Å². The Balaban J connectivity index is 2.33. The molecule has 0 unspecified atom stereocenters. The molecule has 2 aromatic carbocycles. The highest BCUT2D eigenvalue weighted by Gasteiger charge is 2.23. The molecule has 0 fully saturated rings. The van der Waals surface area contributed by atoms with Crippen LogP contribution in [-0.4, -0.2) is 5.11 Å². The van der Waals surface area contributed by atoms with Crippen LogP contribution in [0.25, 0.3) is 5.57 Å². The zero-order valence-electron chi connectivity index (χ0n) is 12.4. The fourth-order valence-electron chi connectivity index (χ4n) is 2.71. The van der Waals surface area contributed by atoms with Crippen LogP contribution in [0.1, 0.15) is 29.2 Å². The second kappa shape index (κ2) is 5.82. The van der Waals surface area contributed by atoms with Gasteiger partial charge in [-0.05, 0) is 35.7 Å². The highest BCUT2D eigenvalue weighted by atomic mass is 19.2. The molecule has 1 N–H and O–H groups in total. The summed E-state index contributed by atoms with van der Waals surface area (Å²) in [6, 6.07) is 9.36. The molecule has 0 saturated carbocycles. The Morgan fingerprint density at radius 3 is 2.65 bits per heavy atom. The van der Waals surface area contributed by atoms with Crippen LogP contribution >= 0.6 is 0 Å². The van der Waals surface area contributed by atoms with Gasteiger partial charge in [0.15, 0.2) is 11.6 Å². The monoisotopic (exact) mass is 313 g/mol. The van der Waals surface area contributed by atoms with Crippen LogP contribution in [0.2, 0.25) is 0 Å². The summed E-state index contributed by atoms with van der Waals surface area (Å²) < 4.78 is 32.8. The second-order valence-corrected chi connectivity index (χ2v) is 5.31. The Morgan fingerprint density at radius 2 is 1.96 bits per heavy atom. The standard InChI is InChI=1S/C18H13F2NO2/c1-10(7-21)18-13-3-2-11(8-22)4-12(13)9-23-17-6-16(20)15(19)5-14(17)18/h2-6,22H,8-9H2,1H3/b18-10-. The largest absolute Gasteiger partial charge is 0.488 e. The quantitative estimate of drug-likeness (QED) is 0.817. The highest BCUT2D eigenvalue weighted by molar-refractivity contribution is 5.88. The summed E-state index contributed by atoms with van der Waals surface area (Å²) in [7, 11) is 0. The predicted octanol–water partition coefficient (Wildman–Crippen LogP) is 3.69. The summed E-state index contributed by atoms with van der Waals surface area (Å²) in [5.74, 6) is -1.80. The number of benzene rings is 2. The first-order chi connectivity index (χ1) is 11.0. The highest BCUT2D eigenvalue weighted by Crippen LogP contribution is 2.39. The van der Waals surface area contributed by atoms with Gasteiger partial charge in [0, 0.05) is 22.8 Å². The molecule has 0 aliphatic carbocycles. The summed E-state index contributed by atoms with van der Waals surface area (Å²) in [5.41, 5.74) is 3.39. The van der Waals surface area contributed by atoms with Crippen molar-refractivity contribution < 1.29 is 18.6 Å². The lowest BCUT2D eigenvalue weighted by Gasteiger charge is -2.12. The van der Waals surface area contributed by atoms with Crippen molar-refractivity contribution in [2.45, 2.75) is 20.1 Å². The van der Waals surface area contributed by atoms with E-state index in [-0.39, 0.29) is 19.0 Å². The van der Waals surface area contributed by atoms with Gasteiger partial charge < -0.3 is 9.84 Å². The summed E-state index contributed by atoms with van der Waals surface area (Å²) in [4.78, 5) is 0. The summed E-state index contributed by atoms with van der Waals surface area (Å²) in [6.45, 7) is 1.64. The molecular formula is C18H13F2NO2. The first-order valence-electron chi connectivity index (χ1n) is 7.01.